The Morgan fingerprint density at radius 1 is 1.47 bits per heavy atom. The second kappa shape index (κ2) is 5.42. The van der Waals surface area contributed by atoms with Crippen LogP contribution >= 0.6 is 11.3 Å². The van der Waals surface area contributed by atoms with Crippen LogP contribution in [0.2, 0.25) is 0 Å². The van der Waals surface area contributed by atoms with Crippen LogP contribution in [0.25, 0.3) is 0 Å². The molecule has 82 valence electrons. The minimum absolute atomic E-state index is 0.263. The van der Waals surface area contributed by atoms with Crippen LogP contribution in [-0.2, 0) is 16.0 Å². The smallest absolute Gasteiger partial charge is 0.136 e. The van der Waals surface area contributed by atoms with E-state index in [0.717, 1.165) is 32.5 Å². The molecule has 15 heavy (non-hydrogen) atoms. The van der Waals surface area contributed by atoms with Crippen molar-refractivity contribution in [2.24, 2.45) is 5.92 Å². The van der Waals surface area contributed by atoms with E-state index in [1.807, 2.05) is 6.07 Å². The average molecular weight is 224 g/mol. The van der Waals surface area contributed by atoms with Gasteiger partial charge in [-0.2, -0.15) is 0 Å². The SMILES string of the molecule is O=C(CCc1cccs1)C1CCOCC1. The molecule has 1 fully saturated rings. The Morgan fingerprint density at radius 3 is 2.93 bits per heavy atom. The first-order valence-corrected chi connectivity index (χ1v) is 6.37. The van der Waals surface area contributed by atoms with Crippen LogP contribution in [-0.4, -0.2) is 19.0 Å². The first kappa shape index (κ1) is 10.8. The number of carbonyl (C=O) groups is 1. The van der Waals surface area contributed by atoms with Crippen LogP contribution in [0.15, 0.2) is 17.5 Å². The third-order valence-corrected chi connectivity index (χ3v) is 3.81. The molecule has 0 atom stereocenters. The van der Waals surface area contributed by atoms with Gasteiger partial charge in [-0.05, 0) is 30.7 Å². The Labute approximate surface area is 94.3 Å². The van der Waals surface area contributed by atoms with Gasteiger partial charge in [0, 0.05) is 30.4 Å². The summed E-state index contributed by atoms with van der Waals surface area (Å²) < 4.78 is 5.25. The highest BCUT2D eigenvalue weighted by Gasteiger charge is 2.20. The molecule has 1 aliphatic rings. The molecule has 1 saturated heterocycles. The number of ether oxygens (including phenoxy) is 1. The van der Waals surface area contributed by atoms with Crippen molar-refractivity contribution in [3.05, 3.63) is 22.4 Å². The zero-order valence-corrected chi connectivity index (χ0v) is 9.59. The molecule has 1 aromatic heterocycles. The highest BCUT2D eigenvalue weighted by atomic mass is 32.1. The molecule has 0 aromatic carbocycles. The summed E-state index contributed by atoms with van der Waals surface area (Å²) in [5.74, 6) is 0.686. The highest BCUT2D eigenvalue weighted by Crippen LogP contribution is 2.19. The molecule has 0 amide bonds. The molecule has 3 heteroatoms. The van der Waals surface area contributed by atoms with Crippen LogP contribution in [0, 0.1) is 5.92 Å². The molecular weight excluding hydrogens is 208 g/mol. The van der Waals surface area contributed by atoms with Crippen molar-refractivity contribution in [2.45, 2.75) is 25.7 Å². The number of thiophene rings is 1. The number of aryl methyl sites for hydroxylation is 1. The quantitative estimate of drug-likeness (QED) is 0.786. The fourth-order valence-corrected chi connectivity index (χ4v) is 2.63. The molecule has 0 aliphatic carbocycles. The second-order valence-electron chi connectivity index (χ2n) is 3.93. The summed E-state index contributed by atoms with van der Waals surface area (Å²) >= 11 is 1.73. The van der Waals surface area contributed by atoms with Crippen molar-refractivity contribution < 1.29 is 9.53 Å². The normalized spacial score (nSPS) is 17.9. The van der Waals surface area contributed by atoms with Gasteiger partial charge in [-0.1, -0.05) is 6.07 Å². The van der Waals surface area contributed by atoms with Crippen molar-refractivity contribution in [1.82, 2.24) is 0 Å². The third kappa shape index (κ3) is 3.14. The van der Waals surface area contributed by atoms with Gasteiger partial charge in [0.1, 0.15) is 5.78 Å². The summed E-state index contributed by atoms with van der Waals surface area (Å²) in [5.41, 5.74) is 0. The zero-order valence-electron chi connectivity index (χ0n) is 8.78. The number of Topliss-reactive ketones (excluding diaryl/α,β-unsaturated/α-hetero) is 1. The van der Waals surface area contributed by atoms with Gasteiger partial charge in [0.15, 0.2) is 0 Å². The Balaban J connectivity index is 1.76. The largest absolute Gasteiger partial charge is 0.381 e. The van der Waals surface area contributed by atoms with Crippen LogP contribution in [0.3, 0.4) is 0 Å². The van der Waals surface area contributed by atoms with Crippen LogP contribution < -0.4 is 0 Å². The number of ketones is 1. The Morgan fingerprint density at radius 2 is 2.27 bits per heavy atom. The van der Waals surface area contributed by atoms with Crippen LogP contribution in [0.5, 0.6) is 0 Å². The molecule has 1 aromatic rings. The lowest BCUT2D eigenvalue weighted by Gasteiger charge is -2.20. The van der Waals surface area contributed by atoms with E-state index in [-0.39, 0.29) is 5.92 Å². The summed E-state index contributed by atoms with van der Waals surface area (Å²) in [7, 11) is 0. The summed E-state index contributed by atoms with van der Waals surface area (Å²) in [6.45, 7) is 1.52. The van der Waals surface area contributed by atoms with E-state index in [4.69, 9.17) is 4.74 Å². The summed E-state index contributed by atoms with van der Waals surface area (Å²) in [6.07, 6.45) is 3.45. The van der Waals surface area contributed by atoms with Crippen LogP contribution in [0.4, 0.5) is 0 Å². The number of hydrogen-bond acceptors (Lipinski definition) is 3. The number of carbonyl (C=O) groups excluding carboxylic acids is 1. The van der Waals surface area contributed by atoms with Gasteiger partial charge in [0.2, 0.25) is 0 Å². The molecule has 0 bridgehead atoms. The maximum Gasteiger partial charge on any atom is 0.136 e. The zero-order chi connectivity index (χ0) is 10.5. The first-order chi connectivity index (χ1) is 7.36. The summed E-state index contributed by atoms with van der Waals surface area (Å²) in [6, 6.07) is 4.14. The molecule has 2 nitrogen and oxygen atoms in total. The number of rotatable bonds is 4. The topological polar surface area (TPSA) is 26.3 Å². The van der Waals surface area contributed by atoms with E-state index in [9.17, 15) is 4.79 Å². The number of hydrogen-bond donors (Lipinski definition) is 0. The molecule has 0 spiro atoms. The van der Waals surface area contributed by atoms with E-state index < -0.39 is 0 Å². The minimum atomic E-state index is 0.263. The molecule has 0 radical (unpaired) electrons. The van der Waals surface area contributed by atoms with Gasteiger partial charge in [0.05, 0.1) is 0 Å². The van der Waals surface area contributed by atoms with Gasteiger partial charge in [0.25, 0.3) is 0 Å². The van der Waals surface area contributed by atoms with E-state index in [1.165, 1.54) is 4.88 Å². The van der Waals surface area contributed by atoms with Crippen molar-refractivity contribution in [2.75, 3.05) is 13.2 Å². The summed E-state index contributed by atoms with van der Waals surface area (Å²) in [4.78, 5) is 13.2. The van der Waals surface area contributed by atoms with E-state index in [2.05, 4.69) is 11.4 Å². The molecule has 2 rings (SSSR count). The lowest BCUT2D eigenvalue weighted by Crippen LogP contribution is -2.23. The second-order valence-corrected chi connectivity index (χ2v) is 4.96. The molecule has 0 saturated carbocycles. The summed E-state index contributed by atoms with van der Waals surface area (Å²) in [5, 5.41) is 2.06. The van der Waals surface area contributed by atoms with Gasteiger partial charge >= 0.3 is 0 Å². The Bertz CT molecular complexity index is 299. The van der Waals surface area contributed by atoms with Crippen molar-refractivity contribution in [3.63, 3.8) is 0 Å². The Kier molecular flexibility index (Phi) is 3.92. The molecule has 1 aliphatic heterocycles. The van der Waals surface area contributed by atoms with Crippen molar-refractivity contribution in [1.29, 1.82) is 0 Å². The van der Waals surface area contributed by atoms with Gasteiger partial charge in [-0.15, -0.1) is 11.3 Å². The molecular formula is C12H16O2S. The van der Waals surface area contributed by atoms with Crippen molar-refractivity contribution >= 4 is 17.1 Å². The van der Waals surface area contributed by atoms with Crippen LogP contribution in [0.1, 0.15) is 24.1 Å². The first-order valence-electron chi connectivity index (χ1n) is 5.49. The predicted molar refractivity (Wildman–Crippen MR) is 61.2 cm³/mol. The monoisotopic (exact) mass is 224 g/mol. The molecule has 0 unspecified atom stereocenters. The highest BCUT2D eigenvalue weighted by molar-refractivity contribution is 7.09. The van der Waals surface area contributed by atoms with Gasteiger partial charge in [-0.3, -0.25) is 4.79 Å². The fourth-order valence-electron chi connectivity index (χ4n) is 1.92. The lowest BCUT2D eigenvalue weighted by molar-refractivity contribution is -0.125. The standard InChI is InChI=1S/C12H16O2S/c13-12(10-5-7-14-8-6-10)4-3-11-2-1-9-15-11/h1-2,9-10H,3-8H2. The van der Waals surface area contributed by atoms with Gasteiger partial charge in [-0.25, -0.2) is 0 Å². The minimum Gasteiger partial charge on any atom is -0.381 e. The third-order valence-electron chi connectivity index (χ3n) is 2.87. The fraction of sp³-hybridized carbons (Fsp3) is 0.583. The van der Waals surface area contributed by atoms with E-state index in [1.54, 1.807) is 11.3 Å². The lowest BCUT2D eigenvalue weighted by atomic mass is 9.92. The van der Waals surface area contributed by atoms with Gasteiger partial charge < -0.3 is 4.74 Å². The molecule has 0 N–H and O–H groups in total. The molecule has 2 heterocycles. The average Bonchev–Trinajstić information content (AvgIpc) is 2.80. The maximum absolute atomic E-state index is 11.8. The van der Waals surface area contributed by atoms with E-state index >= 15 is 0 Å². The van der Waals surface area contributed by atoms with Crippen molar-refractivity contribution in [3.8, 4) is 0 Å². The predicted octanol–water partition coefficient (Wildman–Crippen LogP) is 2.68. The van der Waals surface area contributed by atoms with E-state index in [0.29, 0.717) is 12.2 Å². The maximum atomic E-state index is 11.8. The Hall–Kier alpha value is -0.670.